The minimum atomic E-state index is 0.429. The van der Waals surface area contributed by atoms with E-state index in [1.807, 2.05) is 12.1 Å². The van der Waals surface area contributed by atoms with Gasteiger partial charge >= 0.3 is 0 Å². The van der Waals surface area contributed by atoms with Gasteiger partial charge in [-0.3, -0.25) is 0 Å². The number of H-pyrrole nitrogens is 1. The fraction of sp³-hybridized carbons (Fsp3) is 0.500. The number of nitrogens with two attached hydrogens (primary N) is 1. The van der Waals surface area contributed by atoms with Crippen LogP contribution in [0.15, 0.2) is 18.2 Å². The van der Waals surface area contributed by atoms with E-state index in [9.17, 15) is 0 Å². The molecule has 1 saturated heterocycles. The largest absolute Gasteiger partial charge is 0.378 e. The summed E-state index contributed by atoms with van der Waals surface area (Å²) in [6.45, 7) is 1.49. The first-order valence-corrected chi connectivity index (χ1v) is 6.64. The van der Waals surface area contributed by atoms with Crippen molar-refractivity contribution in [2.75, 3.05) is 6.61 Å². The van der Waals surface area contributed by atoms with Gasteiger partial charge < -0.3 is 15.5 Å². The van der Waals surface area contributed by atoms with Crippen molar-refractivity contribution in [3.8, 4) is 0 Å². The molecule has 2 heterocycles. The van der Waals surface area contributed by atoms with Gasteiger partial charge in [-0.1, -0.05) is 6.07 Å². The fourth-order valence-electron chi connectivity index (χ4n) is 2.52. The highest BCUT2D eigenvalue weighted by molar-refractivity contribution is 5.75. The van der Waals surface area contributed by atoms with Gasteiger partial charge in [-0.05, 0) is 37.0 Å². The summed E-state index contributed by atoms with van der Waals surface area (Å²) in [5, 5.41) is 0. The van der Waals surface area contributed by atoms with Gasteiger partial charge in [0, 0.05) is 19.6 Å². The van der Waals surface area contributed by atoms with Crippen LogP contribution in [0.2, 0.25) is 0 Å². The molecular weight excluding hydrogens is 226 g/mol. The zero-order chi connectivity index (χ0) is 12.4. The lowest BCUT2D eigenvalue weighted by atomic mass is 10.1. The van der Waals surface area contributed by atoms with Gasteiger partial charge in [0.1, 0.15) is 5.82 Å². The molecule has 0 amide bonds. The van der Waals surface area contributed by atoms with Crippen LogP contribution >= 0.6 is 0 Å². The normalized spacial score (nSPS) is 19.7. The van der Waals surface area contributed by atoms with E-state index in [1.165, 1.54) is 12.8 Å². The first-order valence-electron chi connectivity index (χ1n) is 6.64. The van der Waals surface area contributed by atoms with Gasteiger partial charge in [-0.25, -0.2) is 4.98 Å². The van der Waals surface area contributed by atoms with E-state index >= 15 is 0 Å². The molecule has 96 valence electrons. The number of aromatic amines is 1. The lowest BCUT2D eigenvalue weighted by Gasteiger charge is -2.06. The second-order valence-corrected chi connectivity index (χ2v) is 4.91. The average Bonchev–Trinajstić information content (AvgIpc) is 3.04. The maximum atomic E-state index is 5.64. The van der Waals surface area contributed by atoms with Crippen LogP contribution in [-0.2, 0) is 17.7 Å². The Hall–Kier alpha value is -1.39. The predicted octanol–water partition coefficient (Wildman–Crippen LogP) is 2.13. The van der Waals surface area contributed by atoms with E-state index in [-0.39, 0.29) is 0 Å². The lowest BCUT2D eigenvalue weighted by molar-refractivity contribution is 0.104. The number of aromatic nitrogens is 2. The number of fused-ring (bicyclic) bond motifs is 1. The molecule has 1 aliphatic heterocycles. The van der Waals surface area contributed by atoms with Gasteiger partial charge in [0.25, 0.3) is 0 Å². The van der Waals surface area contributed by atoms with E-state index in [2.05, 4.69) is 16.0 Å². The average molecular weight is 245 g/mol. The van der Waals surface area contributed by atoms with Crippen molar-refractivity contribution in [3.63, 3.8) is 0 Å². The van der Waals surface area contributed by atoms with E-state index < -0.39 is 0 Å². The van der Waals surface area contributed by atoms with Crippen LogP contribution in [0.1, 0.15) is 30.7 Å². The number of hydrogen-bond acceptors (Lipinski definition) is 3. The van der Waals surface area contributed by atoms with Crippen LogP contribution in [-0.4, -0.2) is 22.7 Å². The second-order valence-electron chi connectivity index (χ2n) is 4.91. The number of nitrogens with one attached hydrogen (secondary N) is 1. The Morgan fingerprint density at radius 3 is 3.17 bits per heavy atom. The Kier molecular flexibility index (Phi) is 3.30. The van der Waals surface area contributed by atoms with E-state index in [0.29, 0.717) is 12.6 Å². The molecule has 1 fully saturated rings. The van der Waals surface area contributed by atoms with Crippen molar-refractivity contribution < 1.29 is 4.74 Å². The molecule has 1 aromatic heterocycles. The van der Waals surface area contributed by atoms with Gasteiger partial charge in [-0.2, -0.15) is 0 Å². The molecule has 3 rings (SSSR count). The minimum absolute atomic E-state index is 0.429. The highest BCUT2D eigenvalue weighted by Gasteiger charge is 2.15. The van der Waals surface area contributed by atoms with Crippen molar-refractivity contribution in [1.29, 1.82) is 0 Å². The van der Waals surface area contributed by atoms with E-state index in [4.69, 9.17) is 10.5 Å². The zero-order valence-electron chi connectivity index (χ0n) is 10.5. The van der Waals surface area contributed by atoms with Crippen LogP contribution in [0.5, 0.6) is 0 Å². The summed E-state index contributed by atoms with van der Waals surface area (Å²) in [6, 6.07) is 6.15. The molecule has 1 atom stereocenters. The quantitative estimate of drug-likeness (QED) is 0.867. The van der Waals surface area contributed by atoms with E-state index in [0.717, 1.165) is 41.9 Å². The van der Waals surface area contributed by atoms with Crippen LogP contribution < -0.4 is 5.73 Å². The zero-order valence-corrected chi connectivity index (χ0v) is 10.5. The summed E-state index contributed by atoms with van der Waals surface area (Å²) in [5.41, 5.74) is 8.88. The van der Waals surface area contributed by atoms with Crippen LogP contribution in [0.4, 0.5) is 0 Å². The maximum absolute atomic E-state index is 5.64. The second kappa shape index (κ2) is 5.08. The first-order chi connectivity index (χ1) is 8.85. The molecule has 0 bridgehead atoms. The first kappa shape index (κ1) is 11.7. The van der Waals surface area contributed by atoms with Gasteiger partial charge in [0.05, 0.1) is 17.1 Å². The topological polar surface area (TPSA) is 63.9 Å². The third-order valence-corrected chi connectivity index (χ3v) is 3.56. The van der Waals surface area contributed by atoms with Gasteiger partial charge in [0.2, 0.25) is 0 Å². The number of nitrogens with zero attached hydrogens (tertiary/aromatic N) is 1. The number of rotatable bonds is 4. The summed E-state index contributed by atoms with van der Waals surface area (Å²) in [6.07, 6.45) is 4.83. The Bertz CT molecular complexity index is 529. The Morgan fingerprint density at radius 1 is 1.44 bits per heavy atom. The van der Waals surface area contributed by atoms with Crippen molar-refractivity contribution in [2.45, 2.75) is 38.3 Å². The molecule has 3 N–H and O–H groups in total. The molecule has 18 heavy (non-hydrogen) atoms. The molecule has 4 heteroatoms. The third-order valence-electron chi connectivity index (χ3n) is 3.56. The van der Waals surface area contributed by atoms with Crippen molar-refractivity contribution in [3.05, 3.63) is 29.6 Å². The fourth-order valence-corrected chi connectivity index (χ4v) is 2.52. The number of benzene rings is 1. The number of imidazole rings is 1. The summed E-state index contributed by atoms with van der Waals surface area (Å²) in [7, 11) is 0. The number of hydrogen-bond donors (Lipinski definition) is 2. The molecular formula is C14H19N3O. The predicted molar refractivity (Wildman–Crippen MR) is 71.3 cm³/mol. The van der Waals surface area contributed by atoms with Crippen molar-refractivity contribution in [2.24, 2.45) is 5.73 Å². The van der Waals surface area contributed by atoms with Crippen molar-refractivity contribution in [1.82, 2.24) is 9.97 Å². The highest BCUT2D eigenvalue weighted by Crippen LogP contribution is 2.19. The van der Waals surface area contributed by atoms with Crippen molar-refractivity contribution >= 4 is 11.0 Å². The van der Waals surface area contributed by atoms with Crippen LogP contribution in [0.3, 0.4) is 0 Å². The molecule has 1 aliphatic rings. The van der Waals surface area contributed by atoms with E-state index in [1.54, 1.807) is 0 Å². The third kappa shape index (κ3) is 2.40. The SMILES string of the molecule is NCc1ccc2nc(CCC3CCCO3)[nH]c2c1. The molecule has 1 unspecified atom stereocenters. The number of ether oxygens (including phenoxy) is 1. The lowest BCUT2D eigenvalue weighted by Crippen LogP contribution is -2.06. The molecule has 0 aliphatic carbocycles. The molecule has 0 radical (unpaired) electrons. The molecule has 2 aromatic rings. The monoisotopic (exact) mass is 245 g/mol. The molecule has 0 saturated carbocycles. The standard InChI is InChI=1S/C14H19N3O/c15-9-10-3-5-12-13(8-10)17-14(16-12)6-4-11-2-1-7-18-11/h3,5,8,11H,1-2,4,6-7,9,15H2,(H,16,17). The Labute approximate surface area is 107 Å². The highest BCUT2D eigenvalue weighted by atomic mass is 16.5. The smallest absolute Gasteiger partial charge is 0.107 e. The minimum Gasteiger partial charge on any atom is -0.378 e. The summed E-state index contributed by atoms with van der Waals surface area (Å²) in [5.74, 6) is 1.05. The summed E-state index contributed by atoms with van der Waals surface area (Å²) < 4.78 is 5.63. The van der Waals surface area contributed by atoms with Gasteiger partial charge in [-0.15, -0.1) is 0 Å². The summed E-state index contributed by atoms with van der Waals surface area (Å²) in [4.78, 5) is 7.97. The molecule has 4 nitrogen and oxygen atoms in total. The van der Waals surface area contributed by atoms with Crippen LogP contribution in [0.25, 0.3) is 11.0 Å². The summed E-state index contributed by atoms with van der Waals surface area (Å²) >= 11 is 0. The maximum Gasteiger partial charge on any atom is 0.107 e. The van der Waals surface area contributed by atoms with Crippen LogP contribution in [0, 0.1) is 0 Å². The molecule has 1 aromatic carbocycles. The Morgan fingerprint density at radius 2 is 2.39 bits per heavy atom. The van der Waals surface area contributed by atoms with Gasteiger partial charge in [0.15, 0.2) is 0 Å². The Balaban J connectivity index is 1.72. The molecule has 0 spiro atoms. The number of aryl methyl sites for hydroxylation is 1.